The molecule has 0 spiro atoms. The molecule has 1 heterocycles. The molecule has 17 heavy (non-hydrogen) atoms. The first-order valence-corrected chi connectivity index (χ1v) is 6.20. The molecule has 90 valence electrons. The number of nitrogens with zero attached hydrogens (tertiary/aromatic N) is 1. The number of nitrogens with two attached hydrogens (primary N) is 1. The Hall–Kier alpha value is -1.58. The highest BCUT2D eigenvalue weighted by molar-refractivity contribution is 5.94. The molecule has 4 heteroatoms. The average Bonchev–Trinajstić information content (AvgIpc) is 2.78. The Labute approximate surface area is 101 Å². The van der Waals surface area contributed by atoms with Crippen molar-refractivity contribution < 1.29 is 4.79 Å². The van der Waals surface area contributed by atoms with E-state index in [1.807, 2.05) is 13.0 Å². The lowest BCUT2D eigenvalue weighted by Crippen LogP contribution is -2.17. The molecule has 0 radical (unpaired) electrons. The highest BCUT2D eigenvalue weighted by Crippen LogP contribution is 2.57. The molecular weight excluding hydrogens is 214 g/mol. The lowest BCUT2D eigenvalue weighted by atomic mass is 10.1. The van der Waals surface area contributed by atoms with Gasteiger partial charge in [0.05, 0.1) is 11.9 Å². The van der Waals surface area contributed by atoms with Crippen LogP contribution in [0.4, 0.5) is 11.5 Å². The number of pyridine rings is 1. The second-order valence-corrected chi connectivity index (χ2v) is 5.20. The highest BCUT2D eigenvalue weighted by Gasteiger charge is 2.56. The maximum absolute atomic E-state index is 12.0. The van der Waals surface area contributed by atoms with Crippen molar-refractivity contribution in [1.29, 1.82) is 0 Å². The zero-order chi connectivity index (χ0) is 12.0. The molecule has 3 N–H and O–H groups in total. The van der Waals surface area contributed by atoms with E-state index >= 15 is 0 Å². The van der Waals surface area contributed by atoms with Crippen LogP contribution in [0.2, 0.25) is 0 Å². The zero-order valence-corrected chi connectivity index (χ0v) is 9.94. The Balaban J connectivity index is 1.67. The van der Waals surface area contributed by atoms with Crippen molar-refractivity contribution in [3.8, 4) is 0 Å². The van der Waals surface area contributed by atoms with Gasteiger partial charge in [0.25, 0.3) is 0 Å². The maximum Gasteiger partial charge on any atom is 0.229 e. The van der Waals surface area contributed by atoms with Crippen LogP contribution in [0, 0.1) is 24.7 Å². The van der Waals surface area contributed by atoms with Crippen LogP contribution in [0.5, 0.6) is 0 Å². The molecule has 2 aliphatic rings. The number of amides is 1. The van der Waals surface area contributed by atoms with Gasteiger partial charge in [-0.15, -0.1) is 0 Å². The van der Waals surface area contributed by atoms with Crippen LogP contribution in [0.25, 0.3) is 0 Å². The van der Waals surface area contributed by atoms with Gasteiger partial charge in [0.2, 0.25) is 5.91 Å². The van der Waals surface area contributed by atoms with Crippen molar-refractivity contribution in [1.82, 2.24) is 4.98 Å². The maximum atomic E-state index is 12.0. The van der Waals surface area contributed by atoms with Crippen LogP contribution in [-0.4, -0.2) is 10.9 Å². The SMILES string of the molecule is Cc1cc(NC(=O)C2C3CCCC32)ncc1N. The van der Waals surface area contributed by atoms with Crippen molar-refractivity contribution in [2.45, 2.75) is 26.2 Å². The second kappa shape index (κ2) is 3.72. The zero-order valence-electron chi connectivity index (χ0n) is 9.94. The number of fused-ring (bicyclic) bond motifs is 1. The Kier molecular flexibility index (Phi) is 2.31. The summed E-state index contributed by atoms with van der Waals surface area (Å²) < 4.78 is 0. The van der Waals surface area contributed by atoms with Crippen molar-refractivity contribution in [3.63, 3.8) is 0 Å². The van der Waals surface area contributed by atoms with Gasteiger partial charge >= 0.3 is 0 Å². The van der Waals surface area contributed by atoms with E-state index in [-0.39, 0.29) is 11.8 Å². The summed E-state index contributed by atoms with van der Waals surface area (Å²) in [5.41, 5.74) is 7.30. The predicted octanol–water partition coefficient (Wildman–Crippen LogP) is 1.96. The first-order chi connectivity index (χ1) is 8.16. The van der Waals surface area contributed by atoms with E-state index in [9.17, 15) is 4.79 Å². The molecule has 2 unspecified atom stereocenters. The van der Waals surface area contributed by atoms with E-state index in [0.29, 0.717) is 23.3 Å². The third-order valence-corrected chi connectivity index (χ3v) is 4.11. The largest absolute Gasteiger partial charge is 0.397 e. The van der Waals surface area contributed by atoms with Gasteiger partial charge in [-0.2, -0.15) is 0 Å². The normalized spacial score (nSPS) is 29.8. The number of carbonyl (C=O) groups excluding carboxylic acids is 1. The summed E-state index contributed by atoms with van der Waals surface area (Å²) in [4.78, 5) is 16.1. The standard InChI is InChI=1S/C13H17N3O/c1-7-5-11(15-6-10(7)14)16-13(17)12-8-3-2-4-9(8)12/h5-6,8-9,12H,2-4,14H2,1H3,(H,15,16,17). The van der Waals surface area contributed by atoms with Crippen LogP contribution in [0.3, 0.4) is 0 Å². The topological polar surface area (TPSA) is 68.0 Å². The third-order valence-electron chi connectivity index (χ3n) is 4.11. The summed E-state index contributed by atoms with van der Waals surface area (Å²) >= 11 is 0. The van der Waals surface area contributed by atoms with Gasteiger partial charge in [-0.05, 0) is 43.2 Å². The van der Waals surface area contributed by atoms with Crippen LogP contribution < -0.4 is 11.1 Å². The number of carbonyl (C=O) groups is 1. The van der Waals surface area contributed by atoms with E-state index in [1.54, 1.807) is 6.20 Å². The molecule has 0 bridgehead atoms. The average molecular weight is 231 g/mol. The fourth-order valence-electron chi connectivity index (χ4n) is 3.05. The summed E-state index contributed by atoms with van der Waals surface area (Å²) in [5, 5.41) is 2.89. The summed E-state index contributed by atoms with van der Waals surface area (Å²) in [6, 6.07) is 1.82. The van der Waals surface area contributed by atoms with Gasteiger partial charge in [0.1, 0.15) is 5.82 Å². The number of nitrogen functional groups attached to an aromatic ring is 1. The number of anilines is 2. The van der Waals surface area contributed by atoms with Crippen LogP contribution in [0.1, 0.15) is 24.8 Å². The number of aryl methyl sites for hydroxylation is 1. The first kappa shape index (κ1) is 10.6. The third kappa shape index (κ3) is 1.77. The second-order valence-electron chi connectivity index (χ2n) is 5.20. The fourth-order valence-corrected chi connectivity index (χ4v) is 3.05. The fraction of sp³-hybridized carbons (Fsp3) is 0.538. The summed E-state index contributed by atoms with van der Waals surface area (Å²) in [7, 11) is 0. The minimum absolute atomic E-state index is 0.136. The van der Waals surface area contributed by atoms with E-state index in [1.165, 1.54) is 19.3 Å². The molecule has 2 saturated carbocycles. The summed E-state index contributed by atoms with van der Waals surface area (Å²) in [6.45, 7) is 1.92. The Morgan fingerprint density at radius 1 is 1.47 bits per heavy atom. The first-order valence-electron chi connectivity index (χ1n) is 6.20. The molecule has 0 aliphatic heterocycles. The van der Waals surface area contributed by atoms with Gasteiger partial charge < -0.3 is 11.1 Å². The monoisotopic (exact) mass is 231 g/mol. The van der Waals surface area contributed by atoms with E-state index < -0.39 is 0 Å². The molecule has 0 aromatic carbocycles. The van der Waals surface area contributed by atoms with Crippen molar-refractivity contribution in [2.24, 2.45) is 17.8 Å². The quantitative estimate of drug-likeness (QED) is 0.817. The van der Waals surface area contributed by atoms with Crippen LogP contribution in [-0.2, 0) is 4.79 Å². The number of nitrogens with one attached hydrogen (secondary N) is 1. The molecule has 2 aliphatic carbocycles. The Bertz CT molecular complexity index is 462. The highest BCUT2D eigenvalue weighted by atomic mass is 16.2. The van der Waals surface area contributed by atoms with Gasteiger partial charge in [-0.1, -0.05) is 6.42 Å². The van der Waals surface area contributed by atoms with Gasteiger partial charge in [-0.25, -0.2) is 4.98 Å². The van der Waals surface area contributed by atoms with Gasteiger partial charge in [-0.3, -0.25) is 4.79 Å². The summed E-state index contributed by atoms with van der Waals surface area (Å²) in [5.74, 6) is 2.28. The molecule has 4 nitrogen and oxygen atoms in total. The number of rotatable bonds is 2. The molecular formula is C13H17N3O. The van der Waals surface area contributed by atoms with E-state index in [2.05, 4.69) is 10.3 Å². The van der Waals surface area contributed by atoms with Crippen molar-refractivity contribution >= 4 is 17.4 Å². The number of aromatic nitrogens is 1. The number of hydrogen-bond acceptors (Lipinski definition) is 3. The van der Waals surface area contributed by atoms with E-state index in [0.717, 1.165) is 5.56 Å². The molecule has 1 amide bonds. The minimum Gasteiger partial charge on any atom is -0.397 e. The minimum atomic E-state index is 0.136. The lowest BCUT2D eigenvalue weighted by molar-refractivity contribution is -0.118. The van der Waals surface area contributed by atoms with Crippen molar-refractivity contribution in [2.75, 3.05) is 11.1 Å². The van der Waals surface area contributed by atoms with Gasteiger partial charge in [0.15, 0.2) is 0 Å². The number of hydrogen-bond donors (Lipinski definition) is 2. The molecule has 0 saturated heterocycles. The Morgan fingerprint density at radius 3 is 2.82 bits per heavy atom. The van der Waals surface area contributed by atoms with Crippen LogP contribution >= 0.6 is 0 Å². The molecule has 2 fully saturated rings. The molecule has 1 aromatic heterocycles. The van der Waals surface area contributed by atoms with Crippen molar-refractivity contribution in [3.05, 3.63) is 17.8 Å². The molecule has 2 atom stereocenters. The van der Waals surface area contributed by atoms with Gasteiger partial charge in [0, 0.05) is 5.92 Å². The summed E-state index contributed by atoms with van der Waals surface area (Å²) in [6.07, 6.45) is 5.32. The Morgan fingerprint density at radius 2 is 2.18 bits per heavy atom. The lowest BCUT2D eigenvalue weighted by Gasteiger charge is -2.07. The van der Waals surface area contributed by atoms with Crippen LogP contribution in [0.15, 0.2) is 12.3 Å². The molecule has 3 rings (SSSR count). The smallest absolute Gasteiger partial charge is 0.229 e. The van der Waals surface area contributed by atoms with E-state index in [4.69, 9.17) is 5.73 Å². The molecule has 1 aromatic rings. The predicted molar refractivity (Wildman–Crippen MR) is 66.3 cm³/mol.